The quantitative estimate of drug-likeness (QED) is 0.244. The first-order valence-electron chi connectivity index (χ1n) is 13.3. The number of benzene rings is 4. The van der Waals surface area contributed by atoms with Crippen molar-refractivity contribution in [2.75, 3.05) is 26.6 Å². The molecule has 214 valence electrons. The van der Waals surface area contributed by atoms with Gasteiger partial charge in [0.15, 0.2) is 11.5 Å². The molecule has 0 fully saturated rings. The van der Waals surface area contributed by atoms with Crippen LogP contribution >= 0.6 is 0 Å². The molecule has 0 aliphatic heterocycles. The summed E-state index contributed by atoms with van der Waals surface area (Å²) in [6.07, 6.45) is 0. The summed E-state index contributed by atoms with van der Waals surface area (Å²) in [6, 6.07) is 28.1. The Morgan fingerprint density at radius 3 is 2.26 bits per heavy atom. The largest absolute Gasteiger partial charge is 0.497 e. The first-order chi connectivity index (χ1) is 20.5. The highest BCUT2D eigenvalue weighted by molar-refractivity contribution is 5.98. The predicted molar refractivity (Wildman–Crippen MR) is 158 cm³/mol. The molecular weight excluding hydrogens is 534 g/mol. The van der Waals surface area contributed by atoms with Gasteiger partial charge in [-0.25, -0.2) is 4.68 Å². The average Bonchev–Trinajstić information content (AvgIpc) is 3.44. The van der Waals surface area contributed by atoms with Crippen LogP contribution in [0.1, 0.15) is 17.2 Å². The van der Waals surface area contributed by atoms with Gasteiger partial charge in [0.1, 0.15) is 23.9 Å². The number of fused-ring (bicyclic) bond motifs is 1. The molecule has 0 radical (unpaired) electrons. The molecule has 0 aliphatic rings. The van der Waals surface area contributed by atoms with Crippen LogP contribution in [-0.4, -0.2) is 53.0 Å². The number of amides is 2. The molecule has 1 N–H and O–H groups in total. The van der Waals surface area contributed by atoms with E-state index in [4.69, 9.17) is 14.2 Å². The van der Waals surface area contributed by atoms with Crippen LogP contribution in [0.5, 0.6) is 17.2 Å². The van der Waals surface area contributed by atoms with Crippen molar-refractivity contribution in [2.24, 2.45) is 0 Å². The number of hydrogen-bond donors (Lipinski definition) is 1. The minimum absolute atomic E-state index is 0.118. The van der Waals surface area contributed by atoms with E-state index in [-0.39, 0.29) is 19.0 Å². The lowest BCUT2D eigenvalue weighted by molar-refractivity contribution is -0.140. The Morgan fingerprint density at radius 2 is 1.55 bits per heavy atom. The van der Waals surface area contributed by atoms with E-state index in [1.165, 1.54) is 7.11 Å². The molecule has 1 unspecified atom stereocenters. The summed E-state index contributed by atoms with van der Waals surface area (Å²) in [6.45, 7) is 0.0499. The van der Waals surface area contributed by atoms with Gasteiger partial charge >= 0.3 is 0 Å². The second kappa shape index (κ2) is 12.9. The van der Waals surface area contributed by atoms with E-state index in [1.54, 1.807) is 66.3 Å². The summed E-state index contributed by atoms with van der Waals surface area (Å²) in [4.78, 5) is 29.9. The number of methoxy groups -OCH3 is 3. The lowest BCUT2D eigenvalue weighted by Gasteiger charge is -2.32. The maximum atomic E-state index is 14.2. The molecule has 4 aromatic carbocycles. The molecule has 10 nitrogen and oxygen atoms in total. The summed E-state index contributed by atoms with van der Waals surface area (Å²) in [5.74, 6) is 0.877. The summed E-state index contributed by atoms with van der Waals surface area (Å²) in [7, 11) is 4.64. The fourth-order valence-electron chi connectivity index (χ4n) is 4.74. The molecule has 0 saturated carbocycles. The molecule has 0 spiro atoms. The lowest BCUT2D eigenvalue weighted by Crippen LogP contribution is -2.42. The van der Waals surface area contributed by atoms with Crippen molar-refractivity contribution in [3.63, 3.8) is 0 Å². The first-order valence-corrected chi connectivity index (χ1v) is 13.3. The zero-order valence-electron chi connectivity index (χ0n) is 23.6. The van der Waals surface area contributed by atoms with Crippen LogP contribution < -0.4 is 19.5 Å². The molecule has 1 heterocycles. The average molecular weight is 566 g/mol. The van der Waals surface area contributed by atoms with Gasteiger partial charge in [0, 0.05) is 12.2 Å². The van der Waals surface area contributed by atoms with Gasteiger partial charge in [-0.1, -0.05) is 53.7 Å². The van der Waals surface area contributed by atoms with Gasteiger partial charge in [0.25, 0.3) is 5.91 Å². The third-order valence-corrected chi connectivity index (χ3v) is 6.86. The number of para-hydroxylation sites is 1. The van der Waals surface area contributed by atoms with Gasteiger partial charge in [0.2, 0.25) is 5.91 Å². The van der Waals surface area contributed by atoms with Crippen molar-refractivity contribution in [1.82, 2.24) is 19.9 Å². The smallest absolute Gasteiger partial charge is 0.251 e. The van der Waals surface area contributed by atoms with E-state index >= 15 is 0 Å². The first kappa shape index (κ1) is 28.2. The van der Waals surface area contributed by atoms with Gasteiger partial charge in [0.05, 0.1) is 26.8 Å². The van der Waals surface area contributed by atoms with Crippen LogP contribution in [0.15, 0.2) is 97.1 Å². The standard InChI is InChI=1S/C32H31N5O5/c1-40-25-16-14-24(15-17-25)33-32(39)31(23-13-18-28(41-2)29(19-23)42-3)36(20-22-9-5-4-6-10-22)30(38)21-37-27-12-8-7-11-26(27)34-35-37/h4-19,31H,20-21H2,1-3H3,(H,33,39). The topological polar surface area (TPSA) is 108 Å². The minimum atomic E-state index is -1.03. The van der Waals surface area contributed by atoms with E-state index < -0.39 is 11.9 Å². The van der Waals surface area contributed by atoms with Crippen LogP contribution in [0, 0.1) is 0 Å². The van der Waals surface area contributed by atoms with Gasteiger partial charge in [-0.2, -0.15) is 0 Å². The van der Waals surface area contributed by atoms with E-state index in [2.05, 4.69) is 15.6 Å². The number of rotatable bonds is 11. The summed E-state index contributed by atoms with van der Waals surface area (Å²) in [5, 5.41) is 11.4. The van der Waals surface area contributed by atoms with E-state index in [0.717, 1.165) is 11.1 Å². The molecule has 0 saturated heterocycles. The van der Waals surface area contributed by atoms with Crippen molar-refractivity contribution in [1.29, 1.82) is 0 Å². The summed E-state index contributed by atoms with van der Waals surface area (Å²) < 4.78 is 17.8. The molecule has 5 rings (SSSR count). The molecule has 1 aromatic heterocycles. The monoisotopic (exact) mass is 565 g/mol. The second-order valence-electron chi connectivity index (χ2n) is 9.48. The lowest BCUT2D eigenvalue weighted by atomic mass is 10.0. The highest BCUT2D eigenvalue weighted by Gasteiger charge is 2.33. The van der Waals surface area contributed by atoms with E-state index in [0.29, 0.717) is 34.0 Å². The zero-order valence-corrected chi connectivity index (χ0v) is 23.6. The Bertz CT molecular complexity index is 1670. The Morgan fingerprint density at radius 1 is 0.833 bits per heavy atom. The Balaban J connectivity index is 1.57. The predicted octanol–water partition coefficient (Wildman–Crippen LogP) is 4.87. The van der Waals surface area contributed by atoms with Crippen molar-refractivity contribution >= 4 is 28.5 Å². The number of nitrogens with one attached hydrogen (secondary N) is 1. The van der Waals surface area contributed by atoms with Crippen LogP contribution in [0.3, 0.4) is 0 Å². The van der Waals surface area contributed by atoms with Crippen molar-refractivity contribution in [2.45, 2.75) is 19.1 Å². The number of carbonyl (C=O) groups is 2. The maximum Gasteiger partial charge on any atom is 0.251 e. The number of ether oxygens (including phenoxy) is 3. The Labute approximate surface area is 243 Å². The minimum Gasteiger partial charge on any atom is -0.497 e. The highest BCUT2D eigenvalue weighted by atomic mass is 16.5. The molecule has 10 heteroatoms. The summed E-state index contributed by atoms with van der Waals surface area (Å²) >= 11 is 0. The SMILES string of the molecule is COc1ccc(NC(=O)C(c2ccc(OC)c(OC)c2)N(Cc2ccccc2)C(=O)Cn2nnc3ccccc32)cc1. The third-order valence-electron chi connectivity index (χ3n) is 6.86. The number of nitrogens with zero attached hydrogens (tertiary/aromatic N) is 4. The van der Waals surface area contributed by atoms with Gasteiger partial charge in [-0.15, -0.1) is 5.10 Å². The zero-order chi connectivity index (χ0) is 29.5. The molecular formula is C32H31N5O5. The number of hydrogen-bond acceptors (Lipinski definition) is 7. The van der Waals surface area contributed by atoms with Gasteiger partial charge in [-0.05, 0) is 59.7 Å². The Kier molecular flexibility index (Phi) is 8.62. The van der Waals surface area contributed by atoms with Crippen molar-refractivity contribution < 1.29 is 23.8 Å². The molecule has 0 aliphatic carbocycles. The fraction of sp³-hybridized carbons (Fsp3) is 0.188. The summed E-state index contributed by atoms with van der Waals surface area (Å²) in [5.41, 5.74) is 3.36. The van der Waals surface area contributed by atoms with Crippen LogP contribution in [-0.2, 0) is 22.7 Å². The van der Waals surface area contributed by atoms with Crippen LogP contribution in [0.25, 0.3) is 11.0 Å². The molecule has 0 bridgehead atoms. The van der Waals surface area contributed by atoms with Gasteiger partial charge in [-0.3, -0.25) is 9.59 Å². The third kappa shape index (κ3) is 6.17. The van der Waals surface area contributed by atoms with Gasteiger partial charge < -0.3 is 24.4 Å². The second-order valence-corrected chi connectivity index (χ2v) is 9.48. The highest BCUT2D eigenvalue weighted by Crippen LogP contribution is 2.34. The molecule has 5 aromatic rings. The number of anilines is 1. The molecule has 1 atom stereocenters. The van der Waals surface area contributed by atoms with Crippen LogP contribution in [0.4, 0.5) is 5.69 Å². The van der Waals surface area contributed by atoms with Crippen LogP contribution in [0.2, 0.25) is 0 Å². The normalized spacial score (nSPS) is 11.5. The number of carbonyl (C=O) groups excluding carboxylic acids is 2. The number of aromatic nitrogens is 3. The van der Waals surface area contributed by atoms with E-state index in [9.17, 15) is 9.59 Å². The molecule has 2 amide bonds. The van der Waals surface area contributed by atoms with Crippen molar-refractivity contribution in [3.8, 4) is 17.2 Å². The maximum absolute atomic E-state index is 14.2. The Hall–Kier alpha value is -5.38. The van der Waals surface area contributed by atoms with Crippen molar-refractivity contribution in [3.05, 3.63) is 108 Å². The molecule has 42 heavy (non-hydrogen) atoms. The fourth-order valence-corrected chi connectivity index (χ4v) is 4.74. The van der Waals surface area contributed by atoms with E-state index in [1.807, 2.05) is 54.6 Å².